The molecule has 0 spiro atoms. The Morgan fingerprint density at radius 2 is 1.80 bits per heavy atom. The van der Waals surface area contributed by atoms with Gasteiger partial charge in [0.15, 0.2) is 0 Å². The maximum absolute atomic E-state index is 12.4. The number of pyridine rings is 1. The van der Waals surface area contributed by atoms with Crippen molar-refractivity contribution in [2.24, 2.45) is 5.73 Å². The van der Waals surface area contributed by atoms with Crippen LogP contribution in [0.15, 0.2) is 36.5 Å². The van der Waals surface area contributed by atoms with Gasteiger partial charge in [0.25, 0.3) is 0 Å². The first-order valence-electron chi connectivity index (χ1n) is 5.60. The normalized spacial score (nSPS) is 11.4. The fourth-order valence-corrected chi connectivity index (χ4v) is 1.74. The van der Waals surface area contributed by atoms with Crippen molar-refractivity contribution in [3.8, 4) is 11.6 Å². The molecule has 1 aromatic carbocycles. The highest BCUT2D eigenvalue weighted by atomic mass is 35.5. The van der Waals surface area contributed by atoms with E-state index >= 15 is 0 Å². The maximum Gasteiger partial charge on any atom is 0.416 e. The van der Waals surface area contributed by atoms with E-state index < -0.39 is 11.7 Å². The highest BCUT2D eigenvalue weighted by Gasteiger charge is 2.30. The van der Waals surface area contributed by atoms with E-state index in [9.17, 15) is 13.2 Å². The predicted molar refractivity (Wildman–Crippen MR) is 68.7 cm³/mol. The SMILES string of the molecule is NCc1ccnc(Oc2ccc(C(F)(F)F)cc2)c1Cl. The Hall–Kier alpha value is -1.79. The van der Waals surface area contributed by atoms with Crippen LogP contribution in [0.1, 0.15) is 11.1 Å². The molecule has 0 aliphatic carbocycles. The van der Waals surface area contributed by atoms with Gasteiger partial charge in [0.2, 0.25) is 5.88 Å². The van der Waals surface area contributed by atoms with Crippen molar-refractivity contribution in [1.82, 2.24) is 4.98 Å². The van der Waals surface area contributed by atoms with Crippen molar-refractivity contribution >= 4 is 11.6 Å². The minimum Gasteiger partial charge on any atom is -0.438 e. The maximum atomic E-state index is 12.4. The van der Waals surface area contributed by atoms with Gasteiger partial charge in [-0.2, -0.15) is 13.2 Å². The van der Waals surface area contributed by atoms with E-state index in [1.54, 1.807) is 6.07 Å². The van der Waals surface area contributed by atoms with Crippen LogP contribution in [0.4, 0.5) is 13.2 Å². The zero-order valence-corrected chi connectivity index (χ0v) is 10.9. The van der Waals surface area contributed by atoms with Crippen molar-refractivity contribution < 1.29 is 17.9 Å². The Morgan fingerprint density at radius 3 is 2.35 bits per heavy atom. The smallest absolute Gasteiger partial charge is 0.416 e. The third kappa shape index (κ3) is 3.20. The number of nitrogens with zero attached hydrogens (tertiary/aromatic N) is 1. The van der Waals surface area contributed by atoms with E-state index in [1.807, 2.05) is 0 Å². The Labute approximate surface area is 118 Å². The molecule has 20 heavy (non-hydrogen) atoms. The molecular formula is C13H10ClF3N2O. The lowest BCUT2D eigenvalue weighted by molar-refractivity contribution is -0.137. The lowest BCUT2D eigenvalue weighted by Crippen LogP contribution is -2.04. The molecule has 0 unspecified atom stereocenters. The first-order valence-corrected chi connectivity index (χ1v) is 5.98. The largest absolute Gasteiger partial charge is 0.438 e. The number of ether oxygens (including phenoxy) is 1. The van der Waals surface area contributed by atoms with Crippen molar-refractivity contribution in [1.29, 1.82) is 0 Å². The zero-order valence-electron chi connectivity index (χ0n) is 10.1. The molecule has 2 N–H and O–H groups in total. The summed E-state index contributed by atoms with van der Waals surface area (Å²) in [5.74, 6) is 0.316. The number of rotatable bonds is 3. The monoisotopic (exact) mass is 302 g/mol. The second-order valence-electron chi connectivity index (χ2n) is 3.92. The minimum absolute atomic E-state index is 0.106. The zero-order chi connectivity index (χ0) is 14.8. The number of halogens is 4. The molecule has 0 saturated carbocycles. The van der Waals surface area contributed by atoms with Crippen LogP contribution in [0.3, 0.4) is 0 Å². The summed E-state index contributed by atoms with van der Waals surface area (Å²) in [6, 6.07) is 5.90. The van der Waals surface area contributed by atoms with Crippen LogP contribution in [-0.4, -0.2) is 4.98 Å². The third-order valence-electron chi connectivity index (χ3n) is 2.55. The molecule has 0 amide bonds. The van der Waals surface area contributed by atoms with Crippen LogP contribution in [0.25, 0.3) is 0 Å². The molecule has 2 rings (SSSR count). The molecule has 0 radical (unpaired) electrons. The summed E-state index contributed by atoms with van der Waals surface area (Å²) >= 11 is 6.02. The molecule has 7 heteroatoms. The molecule has 106 valence electrons. The molecule has 0 bridgehead atoms. The van der Waals surface area contributed by atoms with Crippen LogP contribution in [0, 0.1) is 0 Å². The van der Waals surface area contributed by atoms with E-state index in [4.69, 9.17) is 22.1 Å². The van der Waals surface area contributed by atoms with Gasteiger partial charge in [-0.15, -0.1) is 0 Å². The summed E-state index contributed by atoms with van der Waals surface area (Å²) in [5, 5.41) is 0.245. The van der Waals surface area contributed by atoms with E-state index in [2.05, 4.69) is 4.98 Å². The van der Waals surface area contributed by atoms with Crippen molar-refractivity contribution in [2.75, 3.05) is 0 Å². The summed E-state index contributed by atoms with van der Waals surface area (Å²) in [5.41, 5.74) is 5.38. The topological polar surface area (TPSA) is 48.1 Å². The van der Waals surface area contributed by atoms with Gasteiger partial charge in [-0.3, -0.25) is 0 Å². The quantitative estimate of drug-likeness (QED) is 0.932. The van der Waals surface area contributed by atoms with Gasteiger partial charge in [0.05, 0.1) is 5.56 Å². The van der Waals surface area contributed by atoms with E-state index in [-0.39, 0.29) is 23.2 Å². The summed E-state index contributed by atoms with van der Waals surface area (Å²) in [4.78, 5) is 3.92. The van der Waals surface area contributed by atoms with Gasteiger partial charge in [-0.25, -0.2) is 4.98 Å². The Morgan fingerprint density at radius 1 is 1.15 bits per heavy atom. The van der Waals surface area contributed by atoms with Gasteiger partial charge in [-0.1, -0.05) is 11.6 Å². The fraction of sp³-hybridized carbons (Fsp3) is 0.154. The minimum atomic E-state index is -4.38. The average molecular weight is 303 g/mol. The van der Waals surface area contributed by atoms with Gasteiger partial charge < -0.3 is 10.5 Å². The number of hydrogen-bond donors (Lipinski definition) is 1. The molecule has 0 aliphatic heterocycles. The van der Waals surface area contributed by atoms with E-state index in [1.165, 1.54) is 18.3 Å². The van der Waals surface area contributed by atoms with E-state index in [0.29, 0.717) is 5.56 Å². The number of aromatic nitrogens is 1. The molecule has 0 saturated heterocycles. The molecule has 0 aliphatic rings. The van der Waals surface area contributed by atoms with E-state index in [0.717, 1.165) is 12.1 Å². The molecule has 3 nitrogen and oxygen atoms in total. The standard InChI is InChI=1S/C13H10ClF3N2O/c14-11-8(7-18)5-6-19-12(11)20-10-3-1-9(2-4-10)13(15,16)17/h1-6H,7,18H2. The second-order valence-corrected chi connectivity index (χ2v) is 4.30. The number of benzene rings is 1. The second kappa shape index (κ2) is 5.68. The Balaban J connectivity index is 2.23. The van der Waals surface area contributed by atoms with Crippen molar-refractivity contribution in [3.63, 3.8) is 0 Å². The van der Waals surface area contributed by atoms with Gasteiger partial charge >= 0.3 is 6.18 Å². The van der Waals surface area contributed by atoms with Gasteiger partial charge in [-0.05, 0) is 35.9 Å². The number of alkyl halides is 3. The summed E-state index contributed by atoms with van der Waals surface area (Å²) in [6.07, 6.45) is -2.92. The number of nitrogens with two attached hydrogens (primary N) is 1. The summed E-state index contributed by atoms with van der Waals surface area (Å²) < 4.78 is 42.6. The van der Waals surface area contributed by atoms with Crippen LogP contribution in [-0.2, 0) is 12.7 Å². The molecule has 1 aromatic heterocycles. The summed E-state index contributed by atoms with van der Waals surface area (Å²) in [7, 11) is 0. The lowest BCUT2D eigenvalue weighted by atomic mass is 10.2. The van der Waals surface area contributed by atoms with Crippen LogP contribution < -0.4 is 10.5 Å². The predicted octanol–water partition coefficient (Wildman–Crippen LogP) is 4.00. The highest BCUT2D eigenvalue weighted by molar-refractivity contribution is 6.32. The molecule has 0 fully saturated rings. The lowest BCUT2D eigenvalue weighted by Gasteiger charge is -2.10. The van der Waals surface area contributed by atoms with Crippen LogP contribution in [0.2, 0.25) is 5.02 Å². The first-order chi connectivity index (χ1) is 9.41. The molecule has 0 atom stereocenters. The Kier molecular flexibility index (Phi) is 4.15. The summed E-state index contributed by atoms with van der Waals surface area (Å²) in [6.45, 7) is 0.213. The number of hydrogen-bond acceptors (Lipinski definition) is 3. The molecule has 2 aromatic rings. The van der Waals surface area contributed by atoms with Crippen LogP contribution in [0.5, 0.6) is 11.6 Å². The molecule has 1 heterocycles. The van der Waals surface area contributed by atoms with Gasteiger partial charge in [0, 0.05) is 12.7 Å². The van der Waals surface area contributed by atoms with Gasteiger partial charge in [0.1, 0.15) is 10.8 Å². The van der Waals surface area contributed by atoms with Crippen molar-refractivity contribution in [3.05, 3.63) is 52.7 Å². The Bertz CT molecular complexity index is 600. The molecular weight excluding hydrogens is 293 g/mol. The fourth-order valence-electron chi connectivity index (χ4n) is 1.51. The highest BCUT2D eigenvalue weighted by Crippen LogP contribution is 2.33. The van der Waals surface area contributed by atoms with Crippen LogP contribution >= 0.6 is 11.6 Å². The van der Waals surface area contributed by atoms with Crippen molar-refractivity contribution in [2.45, 2.75) is 12.7 Å². The first kappa shape index (κ1) is 14.6. The third-order valence-corrected chi connectivity index (χ3v) is 2.96. The average Bonchev–Trinajstić information content (AvgIpc) is 2.41.